The van der Waals surface area contributed by atoms with Crippen LogP contribution in [0.15, 0.2) is 0 Å². The predicted molar refractivity (Wildman–Crippen MR) is 88.1 cm³/mol. The third-order valence-corrected chi connectivity index (χ3v) is 4.16. The van der Waals surface area contributed by atoms with Crippen molar-refractivity contribution < 1.29 is 20.1 Å². The summed E-state index contributed by atoms with van der Waals surface area (Å²) in [4.78, 5) is 14.0. The Labute approximate surface area is 139 Å². The van der Waals surface area contributed by atoms with Crippen molar-refractivity contribution in [3.63, 3.8) is 0 Å². The topological polar surface area (TPSA) is 93.0 Å². The van der Waals surface area contributed by atoms with Crippen LogP contribution in [0.1, 0.15) is 46.0 Å². The van der Waals surface area contributed by atoms with Crippen LogP contribution in [0.4, 0.5) is 0 Å². The van der Waals surface area contributed by atoms with Crippen molar-refractivity contribution in [1.29, 1.82) is 0 Å². The number of amides is 1. The second-order valence-electron chi connectivity index (χ2n) is 5.77. The van der Waals surface area contributed by atoms with E-state index in [0.717, 1.165) is 32.1 Å². The minimum atomic E-state index is -1.15. The molecule has 1 aliphatic rings. The number of nitrogens with zero attached hydrogens (tertiary/aromatic N) is 1. The molecule has 0 bridgehead atoms. The van der Waals surface area contributed by atoms with Gasteiger partial charge in [-0.3, -0.25) is 9.69 Å². The number of hydrogen-bond donors (Lipinski definition) is 4. The smallest absolute Gasteiger partial charge is 0.240 e. The third kappa shape index (κ3) is 5.35. The molecule has 0 saturated carbocycles. The van der Waals surface area contributed by atoms with Crippen LogP contribution in [-0.2, 0) is 4.79 Å². The lowest BCUT2D eigenvalue weighted by Gasteiger charge is -2.28. The van der Waals surface area contributed by atoms with Gasteiger partial charge in [-0.05, 0) is 19.4 Å². The first kappa shape index (κ1) is 21.6. The zero-order chi connectivity index (χ0) is 15.8. The molecule has 6 nitrogen and oxygen atoms in total. The summed E-state index contributed by atoms with van der Waals surface area (Å²) in [6, 6.07) is -1.34. The Balaban J connectivity index is 0.00000441. The Morgan fingerprint density at radius 3 is 2.27 bits per heavy atom. The molecule has 1 aliphatic heterocycles. The number of rotatable bonds is 9. The summed E-state index contributed by atoms with van der Waals surface area (Å²) in [6.45, 7) is 5.04. The number of carbonyl (C=O) groups excluding carboxylic acids is 1. The zero-order valence-corrected chi connectivity index (χ0v) is 14.4. The number of aliphatic hydroxyl groups excluding tert-OH is 3. The van der Waals surface area contributed by atoms with Gasteiger partial charge in [0.1, 0.15) is 12.1 Å². The molecule has 22 heavy (non-hydrogen) atoms. The van der Waals surface area contributed by atoms with Crippen LogP contribution in [-0.4, -0.2) is 70.1 Å². The molecule has 1 rings (SSSR count). The molecular formula is C15H31ClN2O4. The number of carbonyl (C=O) groups is 1. The lowest BCUT2D eigenvalue weighted by Crippen LogP contribution is -2.50. The minimum absolute atomic E-state index is 0. The maximum absolute atomic E-state index is 12.3. The third-order valence-electron chi connectivity index (χ3n) is 4.16. The first-order chi connectivity index (χ1) is 10.1. The number of hydrogen-bond acceptors (Lipinski definition) is 5. The summed E-state index contributed by atoms with van der Waals surface area (Å²) < 4.78 is 0. The van der Waals surface area contributed by atoms with E-state index in [1.807, 2.05) is 6.92 Å². The van der Waals surface area contributed by atoms with Crippen LogP contribution < -0.4 is 5.32 Å². The highest BCUT2D eigenvalue weighted by molar-refractivity contribution is 5.85. The first-order valence-corrected chi connectivity index (χ1v) is 8.08. The highest BCUT2D eigenvalue weighted by Crippen LogP contribution is 2.26. The molecule has 0 aromatic heterocycles. The molecule has 1 amide bonds. The summed E-state index contributed by atoms with van der Waals surface area (Å²) in [5, 5.41) is 32.4. The Bertz CT molecular complexity index is 320. The second kappa shape index (κ2) is 11.2. The number of unbranched alkanes of at least 4 members (excludes halogenated alkanes) is 3. The molecule has 4 atom stereocenters. The summed E-state index contributed by atoms with van der Waals surface area (Å²) >= 11 is 0. The van der Waals surface area contributed by atoms with Gasteiger partial charge in [0.15, 0.2) is 0 Å². The van der Waals surface area contributed by atoms with Crippen LogP contribution in [0.3, 0.4) is 0 Å². The van der Waals surface area contributed by atoms with Crippen molar-refractivity contribution >= 4 is 18.3 Å². The van der Waals surface area contributed by atoms with Crippen molar-refractivity contribution in [2.45, 2.75) is 70.2 Å². The molecule has 0 aromatic rings. The van der Waals surface area contributed by atoms with Crippen LogP contribution >= 0.6 is 12.4 Å². The number of likely N-dealkylation sites (tertiary alicyclic amines) is 1. The van der Waals surface area contributed by atoms with Gasteiger partial charge >= 0.3 is 0 Å². The highest BCUT2D eigenvalue weighted by Gasteiger charge is 2.50. The molecule has 0 unspecified atom stereocenters. The highest BCUT2D eigenvalue weighted by atomic mass is 35.5. The molecule has 4 N–H and O–H groups in total. The normalized spacial score (nSPS) is 28.4. The van der Waals surface area contributed by atoms with E-state index in [-0.39, 0.29) is 24.9 Å². The SMILES string of the molecule is CCCCCNC(=O)[C@@H]1[C@H](O)[C@@H](O)[C@H](CO)N1CCCC.Cl. The van der Waals surface area contributed by atoms with E-state index < -0.39 is 24.3 Å². The first-order valence-electron chi connectivity index (χ1n) is 8.08. The number of nitrogens with one attached hydrogen (secondary N) is 1. The van der Waals surface area contributed by atoms with Gasteiger partial charge in [0.05, 0.1) is 18.8 Å². The standard InChI is InChI=1S/C15H30N2O4.ClH/c1-3-5-7-8-16-15(21)12-14(20)13(19)11(10-18)17(12)9-6-4-2;/h11-14,18-20H,3-10H2,1-2H3,(H,16,21);1H/t11-,12-,13-,14-;/m0./s1. The fourth-order valence-corrected chi connectivity index (χ4v) is 2.87. The zero-order valence-electron chi connectivity index (χ0n) is 13.6. The summed E-state index contributed by atoms with van der Waals surface area (Å²) in [7, 11) is 0. The van der Waals surface area contributed by atoms with E-state index in [9.17, 15) is 20.1 Å². The summed E-state index contributed by atoms with van der Waals surface area (Å²) in [5.41, 5.74) is 0. The van der Waals surface area contributed by atoms with Crippen LogP contribution in [0.25, 0.3) is 0 Å². The van der Waals surface area contributed by atoms with Gasteiger partial charge in [0, 0.05) is 6.54 Å². The van der Waals surface area contributed by atoms with Crippen LogP contribution in [0.2, 0.25) is 0 Å². The van der Waals surface area contributed by atoms with Gasteiger partial charge in [0.25, 0.3) is 0 Å². The quantitative estimate of drug-likeness (QED) is 0.453. The van der Waals surface area contributed by atoms with E-state index >= 15 is 0 Å². The van der Waals surface area contributed by atoms with Crippen LogP contribution in [0.5, 0.6) is 0 Å². The van der Waals surface area contributed by atoms with E-state index in [4.69, 9.17) is 0 Å². The van der Waals surface area contributed by atoms with Gasteiger partial charge < -0.3 is 20.6 Å². The largest absolute Gasteiger partial charge is 0.395 e. The average molecular weight is 339 g/mol. The van der Waals surface area contributed by atoms with Crippen LogP contribution in [0, 0.1) is 0 Å². The minimum Gasteiger partial charge on any atom is -0.395 e. The maximum Gasteiger partial charge on any atom is 0.240 e. The van der Waals surface area contributed by atoms with Crippen molar-refractivity contribution in [2.75, 3.05) is 19.7 Å². The second-order valence-corrected chi connectivity index (χ2v) is 5.77. The van der Waals surface area contributed by atoms with Gasteiger partial charge in [0.2, 0.25) is 5.91 Å². The molecule has 7 heteroatoms. The Morgan fingerprint density at radius 1 is 1.09 bits per heavy atom. The van der Waals surface area contributed by atoms with Crippen molar-refractivity contribution in [2.24, 2.45) is 0 Å². The molecule has 0 aromatic carbocycles. The summed E-state index contributed by atoms with van der Waals surface area (Å²) in [6.07, 6.45) is 2.61. The maximum atomic E-state index is 12.3. The Kier molecular flexibility index (Phi) is 11.0. The van der Waals surface area contributed by atoms with Crippen molar-refractivity contribution in [1.82, 2.24) is 10.2 Å². The van der Waals surface area contributed by atoms with Gasteiger partial charge in [-0.25, -0.2) is 0 Å². The molecule has 0 spiro atoms. The van der Waals surface area contributed by atoms with Gasteiger partial charge in [-0.2, -0.15) is 0 Å². The lowest BCUT2D eigenvalue weighted by atomic mass is 10.1. The van der Waals surface area contributed by atoms with E-state index in [0.29, 0.717) is 13.1 Å². The molecule has 132 valence electrons. The van der Waals surface area contributed by atoms with Gasteiger partial charge in [-0.1, -0.05) is 33.1 Å². The van der Waals surface area contributed by atoms with E-state index in [2.05, 4.69) is 12.2 Å². The Morgan fingerprint density at radius 2 is 1.73 bits per heavy atom. The lowest BCUT2D eigenvalue weighted by molar-refractivity contribution is -0.129. The molecule has 0 aliphatic carbocycles. The van der Waals surface area contributed by atoms with Gasteiger partial charge in [-0.15, -0.1) is 12.4 Å². The predicted octanol–water partition coefficient (Wildman–Crippen LogP) is 0.282. The Hall–Kier alpha value is -0.400. The van der Waals surface area contributed by atoms with Crippen molar-refractivity contribution in [3.05, 3.63) is 0 Å². The summed E-state index contributed by atoms with van der Waals surface area (Å²) in [5.74, 6) is -0.260. The van der Waals surface area contributed by atoms with E-state index in [1.165, 1.54) is 0 Å². The molecule has 0 radical (unpaired) electrons. The average Bonchev–Trinajstić information content (AvgIpc) is 2.72. The molecular weight excluding hydrogens is 308 g/mol. The fourth-order valence-electron chi connectivity index (χ4n) is 2.87. The monoisotopic (exact) mass is 338 g/mol. The number of halogens is 1. The van der Waals surface area contributed by atoms with E-state index in [1.54, 1.807) is 4.90 Å². The molecule has 1 saturated heterocycles. The molecule has 1 fully saturated rings. The molecule has 1 heterocycles. The van der Waals surface area contributed by atoms with Crippen molar-refractivity contribution in [3.8, 4) is 0 Å². The fraction of sp³-hybridized carbons (Fsp3) is 0.933. The number of aliphatic hydroxyl groups is 3.